The Morgan fingerprint density at radius 1 is 1.24 bits per heavy atom. The number of rotatable bonds is 4. The van der Waals surface area contributed by atoms with Crippen LogP contribution in [0.1, 0.15) is 48.0 Å². The van der Waals surface area contributed by atoms with E-state index in [1.807, 2.05) is 41.5 Å². The van der Waals surface area contributed by atoms with Crippen molar-refractivity contribution < 1.29 is 14.4 Å². The molecular weight excluding hydrogens is 288 g/mol. The molecule has 5 nitrogen and oxygen atoms in total. The molecule has 6 heteroatoms. The van der Waals surface area contributed by atoms with Crippen molar-refractivity contribution in [3.8, 4) is 0 Å². The molecule has 0 radical (unpaired) electrons. The Kier molecular flexibility index (Phi) is 5.47. The van der Waals surface area contributed by atoms with Crippen molar-refractivity contribution in [3.63, 3.8) is 0 Å². The molecule has 0 spiro atoms. The highest BCUT2D eigenvalue weighted by Crippen LogP contribution is 2.28. The van der Waals surface area contributed by atoms with Crippen LogP contribution < -0.4 is 5.32 Å². The fourth-order valence-electron chi connectivity index (χ4n) is 1.90. The van der Waals surface area contributed by atoms with E-state index in [0.717, 1.165) is 0 Å². The Bertz CT molecular complexity index is 435. The van der Waals surface area contributed by atoms with Crippen LogP contribution in [-0.4, -0.2) is 40.3 Å². The van der Waals surface area contributed by atoms with Crippen molar-refractivity contribution in [3.05, 3.63) is 0 Å². The number of hydrogen-bond acceptors (Lipinski definition) is 4. The van der Waals surface area contributed by atoms with Crippen LogP contribution in [0.5, 0.6) is 0 Å². The largest absolute Gasteiger partial charge is 0.347 e. The molecule has 1 saturated heterocycles. The quantitative estimate of drug-likeness (QED) is 0.637. The first-order valence-corrected chi connectivity index (χ1v) is 8.21. The summed E-state index contributed by atoms with van der Waals surface area (Å²) >= 11 is 1.33. The highest BCUT2D eigenvalue weighted by molar-refractivity contribution is 8.00. The normalized spacial score (nSPS) is 20.1. The van der Waals surface area contributed by atoms with Crippen molar-refractivity contribution in [1.29, 1.82) is 0 Å². The average Bonchev–Trinajstić information content (AvgIpc) is 2.54. The summed E-state index contributed by atoms with van der Waals surface area (Å²) in [7, 11) is 0. The number of nitrogens with zero attached hydrogens (tertiary/aromatic N) is 1. The van der Waals surface area contributed by atoms with E-state index >= 15 is 0 Å². The first kappa shape index (κ1) is 18.0. The maximum Gasteiger partial charge on any atom is 0.242 e. The monoisotopic (exact) mass is 314 g/mol. The van der Waals surface area contributed by atoms with Crippen LogP contribution in [-0.2, 0) is 14.4 Å². The van der Waals surface area contributed by atoms with Crippen LogP contribution in [0.25, 0.3) is 0 Å². The second-order valence-corrected chi connectivity index (χ2v) is 8.83. The molecule has 1 fully saturated rings. The lowest BCUT2D eigenvalue weighted by molar-refractivity contribution is -0.139. The number of nitrogens with one attached hydrogen (secondary N) is 1. The summed E-state index contributed by atoms with van der Waals surface area (Å²) in [6.45, 7) is 11.9. The predicted octanol–water partition coefficient (Wildman–Crippen LogP) is 2.01. The summed E-state index contributed by atoms with van der Waals surface area (Å²) in [5.41, 5.74) is -0.556. The summed E-state index contributed by atoms with van der Waals surface area (Å²) in [5.74, 6) is 0.0428. The van der Waals surface area contributed by atoms with Gasteiger partial charge in [-0.15, -0.1) is 11.8 Å². The fourth-order valence-corrected chi connectivity index (χ4v) is 2.84. The van der Waals surface area contributed by atoms with Gasteiger partial charge in [-0.05, 0) is 5.41 Å². The van der Waals surface area contributed by atoms with E-state index in [4.69, 9.17) is 0 Å². The molecule has 120 valence electrons. The van der Waals surface area contributed by atoms with Crippen LogP contribution >= 0.6 is 11.8 Å². The van der Waals surface area contributed by atoms with Crippen LogP contribution in [0.4, 0.5) is 0 Å². The second-order valence-electron chi connectivity index (χ2n) is 7.64. The van der Waals surface area contributed by atoms with E-state index in [9.17, 15) is 14.4 Å². The highest BCUT2D eigenvalue weighted by Gasteiger charge is 2.40. The van der Waals surface area contributed by atoms with Gasteiger partial charge in [0.1, 0.15) is 0 Å². The van der Waals surface area contributed by atoms with Gasteiger partial charge in [0, 0.05) is 18.4 Å². The molecule has 0 bridgehead atoms. The topological polar surface area (TPSA) is 66.5 Å². The lowest BCUT2D eigenvalue weighted by atomic mass is 9.96. The van der Waals surface area contributed by atoms with Gasteiger partial charge in [0.05, 0.1) is 11.1 Å². The maximum absolute atomic E-state index is 12.2. The molecule has 0 aliphatic carbocycles. The van der Waals surface area contributed by atoms with E-state index in [2.05, 4.69) is 5.32 Å². The zero-order chi connectivity index (χ0) is 16.4. The smallest absolute Gasteiger partial charge is 0.242 e. The van der Waals surface area contributed by atoms with Crippen LogP contribution in [0, 0.1) is 10.8 Å². The van der Waals surface area contributed by atoms with Crippen molar-refractivity contribution >= 4 is 29.5 Å². The Balaban J connectivity index is 2.50. The van der Waals surface area contributed by atoms with E-state index in [0.29, 0.717) is 12.4 Å². The number of amides is 3. The first-order chi connectivity index (χ1) is 9.42. The van der Waals surface area contributed by atoms with Crippen LogP contribution in [0.3, 0.4) is 0 Å². The molecule has 0 aromatic rings. The van der Waals surface area contributed by atoms with Crippen molar-refractivity contribution in [2.45, 2.75) is 53.2 Å². The zero-order valence-electron chi connectivity index (χ0n) is 13.8. The third-order valence-corrected chi connectivity index (χ3v) is 4.12. The molecule has 1 N–H and O–H groups in total. The number of thioether (sulfide) groups is 1. The number of imide groups is 1. The SMILES string of the molecule is CC(C)(C)CN1C(=O)CC(SCNC(=O)C(C)(C)C)C1=O. The van der Waals surface area contributed by atoms with Crippen molar-refractivity contribution in [1.82, 2.24) is 10.2 Å². The minimum absolute atomic E-state index is 0.0571. The summed E-state index contributed by atoms with van der Waals surface area (Å²) in [4.78, 5) is 37.3. The van der Waals surface area contributed by atoms with E-state index in [-0.39, 0.29) is 34.8 Å². The Morgan fingerprint density at radius 3 is 2.29 bits per heavy atom. The maximum atomic E-state index is 12.2. The molecule has 1 aliphatic rings. The van der Waals surface area contributed by atoms with Crippen molar-refractivity contribution in [2.24, 2.45) is 10.8 Å². The standard InChI is InChI=1S/C15H26N2O3S/c1-14(2,3)8-17-11(18)7-10(12(17)19)21-9-16-13(20)15(4,5)6/h10H,7-9H2,1-6H3,(H,16,20). The molecule has 1 atom stereocenters. The highest BCUT2D eigenvalue weighted by atomic mass is 32.2. The molecule has 1 heterocycles. The summed E-state index contributed by atoms with van der Waals surface area (Å²) in [6.07, 6.45) is 0.227. The molecule has 0 aromatic carbocycles. The Morgan fingerprint density at radius 2 is 1.81 bits per heavy atom. The van der Waals surface area contributed by atoms with E-state index < -0.39 is 5.41 Å². The fraction of sp³-hybridized carbons (Fsp3) is 0.800. The van der Waals surface area contributed by atoms with Crippen LogP contribution in [0.15, 0.2) is 0 Å². The molecular formula is C15H26N2O3S. The van der Waals surface area contributed by atoms with Gasteiger partial charge in [-0.25, -0.2) is 0 Å². The summed E-state index contributed by atoms with van der Waals surface area (Å²) in [6, 6.07) is 0. The summed E-state index contributed by atoms with van der Waals surface area (Å²) < 4.78 is 0. The lowest BCUT2D eigenvalue weighted by Gasteiger charge is -2.25. The van der Waals surface area contributed by atoms with Gasteiger partial charge in [-0.2, -0.15) is 0 Å². The Labute approximate surface area is 131 Å². The number of likely N-dealkylation sites (tertiary alicyclic amines) is 1. The van der Waals surface area contributed by atoms with Crippen molar-refractivity contribution in [2.75, 3.05) is 12.4 Å². The van der Waals surface area contributed by atoms with Gasteiger partial charge in [-0.3, -0.25) is 19.3 Å². The predicted molar refractivity (Wildman–Crippen MR) is 84.6 cm³/mol. The molecule has 1 aliphatic heterocycles. The molecule has 0 saturated carbocycles. The minimum Gasteiger partial charge on any atom is -0.347 e. The van der Waals surface area contributed by atoms with Gasteiger partial charge < -0.3 is 5.32 Å². The molecule has 0 aromatic heterocycles. The summed E-state index contributed by atoms with van der Waals surface area (Å²) in [5, 5.41) is 2.42. The molecule has 1 unspecified atom stereocenters. The molecule has 1 rings (SSSR count). The third kappa shape index (κ3) is 5.34. The lowest BCUT2D eigenvalue weighted by Crippen LogP contribution is -2.38. The van der Waals surface area contributed by atoms with E-state index in [1.165, 1.54) is 16.7 Å². The number of hydrogen-bond donors (Lipinski definition) is 1. The average molecular weight is 314 g/mol. The third-order valence-electron chi connectivity index (χ3n) is 3.03. The first-order valence-electron chi connectivity index (χ1n) is 7.16. The van der Waals surface area contributed by atoms with Gasteiger partial charge >= 0.3 is 0 Å². The van der Waals surface area contributed by atoms with Gasteiger partial charge in [-0.1, -0.05) is 41.5 Å². The second kappa shape index (κ2) is 6.38. The zero-order valence-corrected chi connectivity index (χ0v) is 14.6. The molecule has 21 heavy (non-hydrogen) atoms. The van der Waals surface area contributed by atoms with E-state index in [1.54, 1.807) is 0 Å². The molecule has 3 amide bonds. The van der Waals surface area contributed by atoms with Gasteiger partial charge in [0.25, 0.3) is 0 Å². The van der Waals surface area contributed by atoms with Gasteiger partial charge in [0.15, 0.2) is 0 Å². The number of carbonyl (C=O) groups excluding carboxylic acids is 3. The van der Waals surface area contributed by atoms with Gasteiger partial charge in [0.2, 0.25) is 17.7 Å². The van der Waals surface area contributed by atoms with Crippen LogP contribution in [0.2, 0.25) is 0 Å². The Hall–Kier alpha value is -1.04. The number of carbonyl (C=O) groups is 3. The minimum atomic E-state index is -0.450.